The molecule has 0 saturated heterocycles. The predicted octanol–water partition coefficient (Wildman–Crippen LogP) is 1.28. The molecule has 1 aromatic heterocycles. The molecule has 134 valence electrons. The van der Waals surface area contributed by atoms with Gasteiger partial charge in [0.25, 0.3) is 0 Å². The molecule has 1 heterocycles. The maximum absolute atomic E-state index is 11.6. The summed E-state index contributed by atoms with van der Waals surface area (Å²) in [6.45, 7) is 0.181. The Bertz CT molecular complexity index is 648. The van der Waals surface area contributed by atoms with Gasteiger partial charge in [0.05, 0.1) is 18.4 Å². The molecule has 2 unspecified atom stereocenters. The zero-order valence-electron chi connectivity index (χ0n) is 13.7. The first kappa shape index (κ1) is 18.9. The number of aliphatic hydroxyl groups is 3. The van der Waals surface area contributed by atoms with Crippen LogP contribution in [0.1, 0.15) is 29.3 Å². The van der Waals surface area contributed by atoms with Gasteiger partial charge in [0, 0.05) is 12.7 Å². The van der Waals surface area contributed by atoms with E-state index in [1.165, 1.54) is 6.20 Å². The SMILES string of the molecule is O=C(NCCC(O)C(O)c1ccc(CO)cn1)OCc1ccccc1. The predicted molar refractivity (Wildman–Crippen MR) is 90.4 cm³/mol. The minimum Gasteiger partial charge on any atom is -0.445 e. The van der Waals surface area contributed by atoms with Gasteiger partial charge in [-0.05, 0) is 23.6 Å². The van der Waals surface area contributed by atoms with Crippen LogP contribution in [0.25, 0.3) is 0 Å². The zero-order valence-corrected chi connectivity index (χ0v) is 13.7. The Morgan fingerprint density at radius 2 is 1.88 bits per heavy atom. The van der Waals surface area contributed by atoms with E-state index in [9.17, 15) is 15.0 Å². The van der Waals surface area contributed by atoms with Gasteiger partial charge in [0.1, 0.15) is 12.7 Å². The Morgan fingerprint density at radius 1 is 1.12 bits per heavy atom. The van der Waals surface area contributed by atoms with E-state index in [0.29, 0.717) is 11.3 Å². The number of ether oxygens (including phenoxy) is 1. The molecule has 7 heteroatoms. The largest absolute Gasteiger partial charge is 0.445 e. The molecule has 4 N–H and O–H groups in total. The van der Waals surface area contributed by atoms with Gasteiger partial charge in [-0.3, -0.25) is 4.98 Å². The lowest BCUT2D eigenvalue weighted by atomic mass is 10.1. The summed E-state index contributed by atoms with van der Waals surface area (Å²) in [6, 6.07) is 12.5. The van der Waals surface area contributed by atoms with E-state index in [4.69, 9.17) is 9.84 Å². The average molecular weight is 346 g/mol. The molecule has 2 aromatic rings. The van der Waals surface area contributed by atoms with Crippen LogP contribution in [-0.2, 0) is 18.0 Å². The molecule has 0 radical (unpaired) electrons. The molecule has 2 rings (SSSR count). The Labute approximate surface area is 145 Å². The topological polar surface area (TPSA) is 112 Å². The van der Waals surface area contributed by atoms with Crippen LogP contribution in [0.2, 0.25) is 0 Å². The smallest absolute Gasteiger partial charge is 0.407 e. The van der Waals surface area contributed by atoms with Crippen molar-refractivity contribution in [1.82, 2.24) is 10.3 Å². The monoisotopic (exact) mass is 346 g/mol. The summed E-state index contributed by atoms with van der Waals surface area (Å²) < 4.78 is 5.05. The highest BCUT2D eigenvalue weighted by Gasteiger charge is 2.19. The number of nitrogens with zero attached hydrogens (tertiary/aromatic N) is 1. The lowest BCUT2D eigenvalue weighted by Gasteiger charge is -2.17. The molecule has 1 amide bonds. The van der Waals surface area contributed by atoms with Gasteiger partial charge in [-0.1, -0.05) is 36.4 Å². The van der Waals surface area contributed by atoms with Crippen LogP contribution in [0.3, 0.4) is 0 Å². The summed E-state index contributed by atoms with van der Waals surface area (Å²) in [6.07, 6.45) is -1.26. The molecule has 0 saturated carbocycles. The van der Waals surface area contributed by atoms with Crippen molar-refractivity contribution < 1.29 is 24.9 Å². The first-order valence-corrected chi connectivity index (χ1v) is 7.96. The number of carbonyl (C=O) groups is 1. The van der Waals surface area contributed by atoms with Gasteiger partial charge in [0.2, 0.25) is 0 Å². The quantitative estimate of drug-likeness (QED) is 0.573. The molecule has 0 aliphatic rings. The Hall–Kier alpha value is -2.48. The van der Waals surface area contributed by atoms with E-state index in [0.717, 1.165) is 5.56 Å². The minimum absolute atomic E-state index is 0.138. The number of carbonyl (C=O) groups excluding carboxylic acids is 1. The summed E-state index contributed by atoms with van der Waals surface area (Å²) in [4.78, 5) is 15.6. The van der Waals surface area contributed by atoms with Crippen LogP contribution in [-0.4, -0.2) is 39.0 Å². The van der Waals surface area contributed by atoms with Gasteiger partial charge in [-0.15, -0.1) is 0 Å². The number of hydrogen-bond donors (Lipinski definition) is 4. The molecule has 0 fully saturated rings. The Morgan fingerprint density at radius 3 is 2.52 bits per heavy atom. The van der Waals surface area contributed by atoms with E-state index in [1.807, 2.05) is 30.3 Å². The maximum atomic E-state index is 11.6. The van der Waals surface area contributed by atoms with Gasteiger partial charge < -0.3 is 25.4 Å². The fourth-order valence-electron chi connectivity index (χ4n) is 2.16. The van der Waals surface area contributed by atoms with Crippen molar-refractivity contribution in [3.05, 3.63) is 65.5 Å². The van der Waals surface area contributed by atoms with Crippen molar-refractivity contribution in [3.8, 4) is 0 Å². The molecular weight excluding hydrogens is 324 g/mol. The lowest BCUT2D eigenvalue weighted by Crippen LogP contribution is -2.30. The summed E-state index contributed by atoms with van der Waals surface area (Å²) >= 11 is 0. The van der Waals surface area contributed by atoms with Crippen molar-refractivity contribution in [2.45, 2.75) is 31.8 Å². The van der Waals surface area contributed by atoms with Gasteiger partial charge in [-0.25, -0.2) is 4.79 Å². The molecule has 0 aliphatic carbocycles. The van der Waals surface area contributed by atoms with E-state index in [-0.39, 0.29) is 26.2 Å². The van der Waals surface area contributed by atoms with E-state index >= 15 is 0 Å². The highest BCUT2D eigenvalue weighted by atomic mass is 16.5. The Kier molecular flexibility index (Phi) is 7.34. The van der Waals surface area contributed by atoms with Crippen LogP contribution >= 0.6 is 0 Å². The number of amides is 1. The second-order valence-electron chi connectivity index (χ2n) is 5.54. The molecule has 0 spiro atoms. The summed E-state index contributed by atoms with van der Waals surface area (Å²) in [5.41, 5.74) is 1.80. The molecule has 7 nitrogen and oxygen atoms in total. The molecule has 2 atom stereocenters. The molecular formula is C18H22N2O5. The Balaban J connectivity index is 1.69. The van der Waals surface area contributed by atoms with Crippen molar-refractivity contribution in [2.24, 2.45) is 0 Å². The van der Waals surface area contributed by atoms with Gasteiger partial charge >= 0.3 is 6.09 Å². The second-order valence-corrected chi connectivity index (χ2v) is 5.54. The van der Waals surface area contributed by atoms with E-state index < -0.39 is 18.3 Å². The number of aromatic nitrogens is 1. The second kappa shape index (κ2) is 9.73. The van der Waals surface area contributed by atoms with E-state index in [2.05, 4.69) is 10.3 Å². The van der Waals surface area contributed by atoms with Crippen LogP contribution in [0.4, 0.5) is 4.79 Å². The van der Waals surface area contributed by atoms with Crippen LogP contribution in [0.5, 0.6) is 0 Å². The van der Waals surface area contributed by atoms with Crippen molar-refractivity contribution in [2.75, 3.05) is 6.54 Å². The van der Waals surface area contributed by atoms with E-state index in [1.54, 1.807) is 12.1 Å². The van der Waals surface area contributed by atoms with Crippen LogP contribution in [0, 0.1) is 0 Å². The van der Waals surface area contributed by atoms with Crippen molar-refractivity contribution in [3.63, 3.8) is 0 Å². The van der Waals surface area contributed by atoms with Crippen molar-refractivity contribution >= 4 is 6.09 Å². The number of pyridine rings is 1. The molecule has 25 heavy (non-hydrogen) atoms. The lowest BCUT2D eigenvalue weighted by molar-refractivity contribution is 0.0111. The third-order valence-corrected chi connectivity index (χ3v) is 3.62. The molecule has 0 bridgehead atoms. The third-order valence-electron chi connectivity index (χ3n) is 3.62. The first-order valence-electron chi connectivity index (χ1n) is 7.96. The van der Waals surface area contributed by atoms with Crippen LogP contribution < -0.4 is 5.32 Å². The highest BCUT2D eigenvalue weighted by Crippen LogP contribution is 2.17. The number of aliphatic hydroxyl groups excluding tert-OH is 3. The third kappa shape index (κ3) is 6.15. The normalized spacial score (nSPS) is 13.1. The molecule has 1 aromatic carbocycles. The van der Waals surface area contributed by atoms with Crippen LogP contribution in [0.15, 0.2) is 48.7 Å². The number of benzene rings is 1. The van der Waals surface area contributed by atoms with Gasteiger partial charge in [0.15, 0.2) is 0 Å². The fraction of sp³-hybridized carbons (Fsp3) is 0.333. The average Bonchev–Trinajstić information content (AvgIpc) is 2.66. The summed E-state index contributed by atoms with van der Waals surface area (Å²) in [7, 11) is 0. The fourth-order valence-corrected chi connectivity index (χ4v) is 2.16. The maximum Gasteiger partial charge on any atom is 0.407 e. The number of hydrogen-bond acceptors (Lipinski definition) is 6. The first-order chi connectivity index (χ1) is 12.1. The summed E-state index contributed by atoms with van der Waals surface area (Å²) in [5.74, 6) is 0. The number of rotatable bonds is 8. The zero-order chi connectivity index (χ0) is 18.1. The standard InChI is InChI=1S/C18H22N2O5/c21-11-14-6-7-15(20-10-14)17(23)16(22)8-9-19-18(24)25-12-13-4-2-1-3-5-13/h1-7,10,16-17,21-23H,8-9,11-12H2,(H,19,24). The van der Waals surface area contributed by atoms with Gasteiger partial charge in [-0.2, -0.15) is 0 Å². The van der Waals surface area contributed by atoms with Crippen molar-refractivity contribution in [1.29, 1.82) is 0 Å². The minimum atomic E-state index is -1.17. The number of alkyl carbamates (subject to hydrolysis) is 1. The highest BCUT2D eigenvalue weighted by molar-refractivity contribution is 5.67. The number of nitrogens with one attached hydrogen (secondary N) is 1. The molecule has 0 aliphatic heterocycles. The summed E-state index contributed by atoms with van der Waals surface area (Å²) in [5, 5.41) is 31.5.